The molecule has 1 atom stereocenters. The second-order valence-electron chi connectivity index (χ2n) is 4.07. The van der Waals surface area contributed by atoms with Crippen molar-refractivity contribution in [3.8, 4) is 11.5 Å². The monoisotopic (exact) mass is 271 g/mol. The molecular formula is C13H18ClNO3. The van der Waals surface area contributed by atoms with E-state index < -0.39 is 0 Å². The van der Waals surface area contributed by atoms with Crippen LogP contribution >= 0.6 is 11.6 Å². The van der Waals surface area contributed by atoms with E-state index in [1.807, 2.05) is 6.92 Å². The molecule has 5 heteroatoms. The summed E-state index contributed by atoms with van der Waals surface area (Å²) < 4.78 is 10.3. The molecule has 0 aliphatic heterocycles. The van der Waals surface area contributed by atoms with Gasteiger partial charge in [-0.05, 0) is 19.1 Å². The number of amides is 1. The lowest BCUT2D eigenvalue weighted by molar-refractivity contribution is 0.0795. The minimum absolute atomic E-state index is 0.0912. The smallest absolute Gasteiger partial charge is 0.253 e. The third-order valence-corrected chi connectivity index (χ3v) is 2.61. The molecule has 0 aliphatic rings. The summed E-state index contributed by atoms with van der Waals surface area (Å²) in [5.41, 5.74) is 0.519. The average Bonchev–Trinajstić information content (AvgIpc) is 2.36. The van der Waals surface area contributed by atoms with E-state index in [-0.39, 0.29) is 11.3 Å². The Morgan fingerprint density at radius 2 is 1.78 bits per heavy atom. The average molecular weight is 272 g/mol. The van der Waals surface area contributed by atoms with Crippen LogP contribution in [0.25, 0.3) is 0 Å². The Morgan fingerprint density at radius 3 is 2.17 bits per heavy atom. The third-order valence-electron chi connectivity index (χ3n) is 2.47. The van der Waals surface area contributed by atoms with Gasteiger partial charge < -0.3 is 14.4 Å². The molecule has 4 nitrogen and oxygen atoms in total. The predicted octanol–water partition coefficient (Wildman–Crippen LogP) is 2.40. The number of alkyl halides is 1. The molecule has 1 amide bonds. The fraction of sp³-hybridized carbons (Fsp3) is 0.462. The Hall–Kier alpha value is -1.42. The summed E-state index contributed by atoms with van der Waals surface area (Å²) in [6.07, 6.45) is 0. The standard InChI is InChI=1S/C13H18ClNO3/c1-9(14)8-15(2)13(16)10-5-11(17-3)7-12(6-10)18-4/h5-7,9H,8H2,1-4H3. The molecule has 18 heavy (non-hydrogen) atoms. The number of hydrogen-bond acceptors (Lipinski definition) is 3. The Morgan fingerprint density at radius 1 is 1.28 bits per heavy atom. The molecule has 0 aromatic heterocycles. The maximum atomic E-state index is 12.2. The Balaban J connectivity index is 2.97. The number of nitrogens with zero attached hydrogens (tertiary/aromatic N) is 1. The van der Waals surface area contributed by atoms with E-state index in [0.29, 0.717) is 23.6 Å². The van der Waals surface area contributed by atoms with E-state index in [1.165, 1.54) is 0 Å². The summed E-state index contributed by atoms with van der Waals surface area (Å²) in [5.74, 6) is 1.06. The Labute approximate surface area is 112 Å². The van der Waals surface area contributed by atoms with E-state index in [1.54, 1.807) is 44.4 Å². The maximum Gasteiger partial charge on any atom is 0.253 e. The first-order valence-electron chi connectivity index (χ1n) is 5.60. The highest BCUT2D eigenvalue weighted by Gasteiger charge is 2.15. The maximum absolute atomic E-state index is 12.2. The summed E-state index contributed by atoms with van der Waals surface area (Å²) >= 11 is 5.88. The molecule has 0 saturated carbocycles. The fourth-order valence-electron chi connectivity index (χ4n) is 1.61. The van der Waals surface area contributed by atoms with Crippen molar-refractivity contribution in [1.82, 2.24) is 4.90 Å². The molecule has 0 aliphatic carbocycles. The third kappa shape index (κ3) is 3.81. The molecule has 0 bridgehead atoms. The largest absolute Gasteiger partial charge is 0.497 e. The molecule has 0 radical (unpaired) electrons. The molecule has 1 aromatic rings. The molecule has 0 fully saturated rings. The van der Waals surface area contributed by atoms with Crippen LogP contribution in [0, 0.1) is 0 Å². The van der Waals surface area contributed by atoms with Crippen LogP contribution in [0.2, 0.25) is 0 Å². The van der Waals surface area contributed by atoms with Crippen molar-refractivity contribution in [2.24, 2.45) is 0 Å². The highest BCUT2D eigenvalue weighted by Crippen LogP contribution is 2.23. The molecular weight excluding hydrogens is 254 g/mol. The normalized spacial score (nSPS) is 11.8. The van der Waals surface area contributed by atoms with Crippen LogP contribution in [-0.2, 0) is 0 Å². The highest BCUT2D eigenvalue weighted by atomic mass is 35.5. The molecule has 1 unspecified atom stereocenters. The highest BCUT2D eigenvalue weighted by molar-refractivity contribution is 6.20. The Bertz CT molecular complexity index is 398. The number of ether oxygens (including phenoxy) is 2. The van der Waals surface area contributed by atoms with Gasteiger partial charge in [-0.15, -0.1) is 11.6 Å². The van der Waals surface area contributed by atoms with Gasteiger partial charge in [0.05, 0.1) is 14.2 Å². The van der Waals surface area contributed by atoms with Gasteiger partial charge >= 0.3 is 0 Å². The number of carbonyl (C=O) groups excluding carboxylic acids is 1. The van der Waals surface area contributed by atoms with Crippen LogP contribution < -0.4 is 9.47 Å². The first-order valence-corrected chi connectivity index (χ1v) is 6.04. The van der Waals surface area contributed by atoms with Crippen molar-refractivity contribution < 1.29 is 14.3 Å². The van der Waals surface area contributed by atoms with Crippen LogP contribution in [0.5, 0.6) is 11.5 Å². The number of rotatable bonds is 5. The van der Waals surface area contributed by atoms with Gasteiger partial charge in [-0.2, -0.15) is 0 Å². The molecule has 0 spiro atoms. The van der Waals surface area contributed by atoms with Crippen LogP contribution in [0.1, 0.15) is 17.3 Å². The SMILES string of the molecule is COc1cc(OC)cc(C(=O)N(C)CC(C)Cl)c1. The first kappa shape index (κ1) is 14.6. The number of carbonyl (C=O) groups is 1. The van der Waals surface area contributed by atoms with Crippen LogP contribution in [0.4, 0.5) is 0 Å². The zero-order valence-corrected chi connectivity index (χ0v) is 11.8. The van der Waals surface area contributed by atoms with E-state index >= 15 is 0 Å². The van der Waals surface area contributed by atoms with Gasteiger partial charge in [0.25, 0.3) is 5.91 Å². The summed E-state index contributed by atoms with van der Waals surface area (Å²) in [7, 11) is 4.81. The molecule has 0 heterocycles. The number of benzene rings is 1. The van der Waals surface area contributed by atoms with Crippen molar-refractivity contribution in [2.45, 2.75) is 12.3 Å². The van der Waals surface area contributed by atoms with Gasteiger partial charge in [-0.25, -0.2) is 0 Å². The molecule has 100 valence electrons. The zero-order valence-electron chi connectivity index (χ0n) is 11.1. The van der Waals surface area contributed by atoms with E-state index in [2.05, 4.69) is 0 Å². The fourth-order valence-corrected chi connectivity index (χ4v) is 1.82. The first-order chi connectivity index (χ1) is 8.47. The predicted molar refractivity (Wildman–Crippen MR) is 71.8 cm³/mol. The number of halogens is 1. The summed E-state index contributed by atoms with van der Waals surface area (Å²) in [6.45, 7) is 2.33. The molecule has 0 N–H and O–H groups in total. The second-order valence-corrected chi connectivity index (χ2v) is 4.81. The minimum Gasteiger partial charge on any atom is -0.497 e. The van der Waals surface area contributed by atoms with Crippen molar-refractivity contribution in [1.29, 1.82) is 0 Å². The minimum atomic E-state index is -0.111. The van der Waals surface area contributed by atoms with Gasteiger partial charge in [-0.1, -0.05) is 0 Å². The summed E-state index contributed by atoms with van der Waals surface area (Å²) in [5, 5.41) is -0.0912. The number of methoxy groups -OCH3 is 2. The molecule has 1 rings (SSSR count). The van der Waals surface area contributed by atoms with Gasteiger partial charge in [0, 0.05) is 30.6 Å². The zero-order chi connectivity index (χ0) is 13.7. The topological polar surface area (TPSA) is 38.8 Å². The van der Waals surface area contributed by atoms with Gasteiger partial charge in [0.1, 0.15) is 11.5 Å². The van der Waals surface area contributed by atoms with E-state index in [9.17, 15) is 4.79 Å². The van der Waals surface area contributed by atoms with Crippen LogP contribution in [0.3, 0.4) is 0 Å². The second kappa shape index (κ2) is 6.50. The lowest BCUT2D eigenvalue weighted by Crippen LogP contribution is -2.31. The van der Waals surface area contributed by atoms with Crippen molar-refractivity contribution in [2.75, 3.05) is 27.8 Å². The van der Waals surface area contributed by atoms with Gasteiger partial charge in [0.15, 0.2) is 0 Å². The van der Waals surface area contributed by atoms with Crippen LogP contribution in [-0.4, -0.2) is 44.0 Å². The number of hydrogen-bond donors (Lipinski definition) is 0. The van der Waals surface area contributed by atoms with Crippen molar-refractivity contribution in [3.05, 3.63) is 23.8 Å². The van der Waals surface area contributed by atoms with Crippen molar-refractivity contribution >= 4 is 17.5 Å². The van der Waals surface area contributed by atoms with Crippen molar-refractivity contribution in [3.63, 3.8) is 0 Å². The lowest BCUT2D eigenvalue weighted by atomic mass is 10.1. The molecule has 0 saturated heterocycles. The van der Waals surface area contributed by atoms with Gasteiger partial charge in [0.2, 0.25) is 0 Å². The van der Waals surface area contributed by atoms with Gasteiger partial charge in [-0.3, -0.25) is 4.79 Å². The quantitative estimate of drug-likeness (QED) is 0.772. The summed E-state index contributed by atoms with van der Waals surface area (Å²) in [6, 6.07) is 5.08. The molecule has 1 aromatic carbocycles. The van der Waals surface area contributed by atoms with E-state index in [0.717, 1.165) is 0 Å². The lowest BCUT2D eigenvalue weighted by Gasteiger charge is -2.19. The van der Waals surface area contributed by atoms with E-state index in [4.69, 9.17) is 21.1 Å². The Kier molecular flexibility index (Phi) is 5.28. The summed E-state index contributed by atoms with van der Waals surface area (Å²) in [4.78, 5) is 13.7. The van der Waals surface area contributed by atoms with Crippen LogP contribution in [0.15, 0.2) is 18.2 Å².